The smallest absolute Gasteiger partial charge is 0.225 e. The average molecular weight is 282 g/mol. The highest BCUT2D eigenvalue weighted by Crippen LogP contribution is 2.32. The van der Waals surface area contributed by atoms with Crippen LogP contribution in [0.2, 0.25) is 0 Å². The lowest BCUT2D eigenvalue weighted by Gasteiger charge is -2.39. The maximum Gasteiger partial charge on any atom is 0.225 e. The van der Waals surface area contributed by atoms with E-state index >= 15 is 0 Å². The van der Waals surface area contributed by atoms with Crippen LogP contribution in [-0.2, 0) is 9.59 Å². The summed E-state index contributed by atoms with van der Waals surface area (Å²) in [5.74, 6) is 0.390. The van der Waals surface area contributed by atoms with Crippen molar-refractivity contribution in [2.24, 2.45) is 11.8 Å². The summed E-state index contributed by atoms with van der Waals surface area (Å²) in [5, 5.41) is 12.7. The van der Waals surface area contributed by atoms with Crippen LogP contribution in [0.3, 0.4) is 0 Å². The second kappa shape index (κ2) is 6.12. The van der Waals surface area contributed by atoms with Crippen LogP contribution in [0.1, 0.15) is 46.0 Å². The Kier molecular flexibility index (Phi) is 4.68. The highest BCUT2D eigenvalue weighted by atomic mass is 16.3. The number of nitrogens with one attached hydrogen (secondary N) is 1. The molecule has 0 aromatic heterocycles. The summed E-state index contributed by atoms with van der Waals surface area (Å²) < 4.78 is 0. The Bertz CT molecular complexity index is 375. The Morgan fingerprint density at radius 1 is 1.45 bits per heavy atom. The molecule has 0 spiro atoms. The van der Waals surface area contributed by atoms with Crippen LogP contribution in [0.15, 0.2) is 0 Å². The van der Waals surface area contributed by atoms with E-state index in [2.05, 4.69) is 12.2 Å². The zero-order valence-corrected chi connectivity index (χ0v) is 12.5. The van der Waals surface area contributed by atoms with Crippen LogP contribution in [0.25, 0.3) is 0 Å². The van der Waals surface area contributed by atoms with Crippen molar-refractivity contribution in [2.75, 3.05) is 19.7 Å². The van der Waals surface area contributed by atoms with Gasteiger partial charge in [-0.2, -0.15) is 0 Å². The molecular formula is C15H26N2O3. The molecule has 1 aliphatic heterocycles. The van der Waals surface area contributed by atoms with E-state index in [4.69, 9.17) is 0 Å². The Hall–Kier alpha value is -1.10. The molecule has 2 amide bonds. The first-order valence-electron chi connectivity index (χ1n) is 7.70. The second-order valence-electron chi connectivity index (χ2n) is 6.44. The molecule has 5 nitrogen and oxygen atoms in total. The number of aliphatic hydroxyl groups is 1. The second-order valence-corrected chi connectivity index (χ2v) is 6.44. The lowest BCUT2D eigenvalue weighted by molar-refractivity contribution is -0.130. The zero-order chi connectivity index (χ0) is 14.8. The van der Waals surface area contributed by atoms with Crippen LogP contribution < -0.4 is 5.32 Å². The molecule has 1 saturated heterocycles. The minimum absolute atomic E-state index is 0.0103. The lowest BCUT2D eigenvalue weighted by Crippen LogP contribution is -2.55. The standard InChI is InChI=1S/C15H26N2O3/c1-3-17-9-12(8-13(17)19)14(20)16-15(10-18)6-4-11(2)5-7-15/h11-12,18H,3-10H2,1-2H3,(H,16,20). The number of hydrogen-bond acceptors (Lipinski definition) is 3. The van der Waals surface area contributed by atoms with Crippen LogP contribution >= 0.6 is 0 Å². The number of carbonyl (C=O) groups excluding carboxylic acids is 2. The molecule has 1 atom stereocenters. The molecule has 0 bridgehead atoms. The summed E-state index contributed by atoms with van der Waals surface area (Å²) in [4.78, 5) is 25.8. The van der Waals surface area contributed by atoms with Gasteiger partial charge < -0.3 is 15.3 Å². The third-order valence-corrected chi connectivity index (χ3v) is 4.89. The summed E-state index contributed by atoms with van der Waals surface area (Å²) in [6.45, 7) is 5.29. The van der Waals surface area contributed by atoms with Gasteiger partial charge >= 0.3 is 0 Å². The van der Waals surface area contributed by atoms with Crippen molar-refractivity contribution < 1.29 is 14.7 Å². The minimum atomic E-state index is -0.466. The number of aliphatic hydroxyl groups excluding tert-OH is 1. The molecule has 0 aromatic carbocycles. The summed E-state index contributed by atoms with van der Waals surface area (Å²) in [7, 11) is 0. The third kappa shape index (κ3) is 3.14. The third-order valence-electron chi connectivity index (χ3n) is 4.89. The molecule has 5 heteroatoms. The summed E-state index contributed by atoms with van der Waals surface area (Å²) in [6.07, 6.45) is 4.03. The summed E-state index contributed by atoms with van der Waals surface area (Å²) in [6, 6.07) is 0. The fraction of sp³-hybridized carbons (Fsp3) is 0.867. The fourth-order valence-electron chi connectivity index (χ4n) is 3.25. The van der Waals surface area contributed by atoms with Gasteiger partial charge in [-0.25, -0.2) is 0 Å². The number of rotatable bonds is 4. The maximum absolute atomic E-state index is 12.4. The molecule has 2 N–H and O–H groups in total. The van der Waals surface area contributed by atoms with Gasteiger partial charge in [0.05, 0.1) is 18.1 Å². The molecule has 114 valence electrons. The highest BCUT2D eigenvalue weighted by molar-refractivity contribution is 5.89. The molecule has 1 saturated carbocycles. The monoisotopic (exact) mass is 282 g/mol. The van der Waals surface area contributed by atoms with Crippen molar-refractivity contribution in [3.63, 3.8) is 0 Å². The van der Waals surface area contributed by atoms with E-state index in [0.29, 0.717) is 25.4 Å². The van der Waals surface area contributed by atoms with Crippen molar-refractivity contribution in [2.45, 2.75) is 51.5 Å². The average Bonchev–Trinajstić information content (AvgIpc) is 2.83. The molecule has 1 aliphatic carbocycles. The number of nitrogens with zero attached hydrogens (tertiary/aromatic N) is 1. The molecule has 0 aromatic rings. The van der Waals surface area contributed by atoms with Crippen molar-refractivity contribution in [1.29, 1.82) is 0 Å². The first-order valence-corrected chi connectivity index (χ1v) is 7.70. The van der Waals surface area contributed by atoms with Gasteiger partial charge in [-0.3, -0.25) is 9.59 Å². The molecule has 1 heterocycles. The first-order chi connectivity index (χ1) is 9.49. The van der Waals surface area contributed by atoms with Gasteiger partial charge in [-0.15, -0.1) is 0 Å². The van der Waals surface area contributed by atoms with Crippen molar-refractivity contribution in [1.82, 2.24) is 10.2 Å². The normalized spacial score (nSPS) is 34.4. The van der Waals surface area contributed by atoms with Crippen molar-refractivity contribution >= 4 is 11.8 Å². The van der Waals surface area contributed by atoms with E-state index in [-0.39, 0.29) is 24.3 Å². The lowest BCUT2D eigenvalue weighted by atomic mass is 9.77. The van der Waals surface area contributed by atoms with Crippen LogP contribution in [0, 0.1) is 11.8 Å². The Morgan fingerprint density at radius 3 is 2.60 bits per heavy atom. The topological polar surface area (TPSA) is 69.6 Å². The van der Waals surface area contributed by atoms with Gasteiger partial charge in [0, 0.05) is 19.5 Å². The van der Waals surface area contributed by atoms with E-state index in [1.807, 2.05) is 6.92 Å². The molecule has 20 heavy (non-hydrogen) atoms. The zero-order valence-electron chi connectivity index (χ0n) is 12.5. The van der Waals surface area contributed by atoms with Gasteiger partial charge in [-0.05, 0) is 38.5 Å². The fourth-order valence-corrected chi connectivity index (χ4v) is 3.25. The molecule has 1 unspecified atom stereocenters. The van der Waals surface area contributed by atoms with E-state index in [1.165, 1.54) is 0 Å². The quantitative estimate of drug-likeness (QED) is 0.805. The van der Waals surface area contributed by atoms with Gasteiger partial charge in [0.2, 0.25) is 11.8 Å². The van der Waals surface area contributed by atoms with Crippen LogP contribution in [0.4, 0.5) is 0 Å². The Balaban J connectivity index is 1.95. The summed E-state index contributed by atoms with van der Waals surface area (Å²) in [5.41, 5.74) is -0.466. The molecular weight excluding hydrogens is 256 g/mol. The molecule has 2 rings (SSSR count). The van der Waals surface area contributed by atoms with Crippen LogP contribution in [-0.4, -0.2) is 47.1 Å². The van der Waals surface area contributed by atoms with Gasteiger partial charge in [-0.1, -0.05) is 6.92 Å². The Labute approximate surface area is 120 Å². The van der Waals surface area contributed by atoms with E-state index in [9.17, 15) is 14.7 Å². The highest BCUT2D eigenvalue weighted by Gasteiger charge is 2.39. The number of amides is 2. The van der Waals surface area contributed by atoms with Crippen LogP contribution in [0.5, 0.6) is 0 Å². The maximum atomic E-state index is 12.4. The van der Waals surface area contributed by atoms with E-state index < -0.39 is 5.54 Å². The largest absolute Gasteiger partial charge is 0.394 e. The predicted molar refractivity (Wildman–Crippen MR) is 76.0 cm³/mol. The number of hydrogen-bond donors (Lipinski definition) is 2. The molecule has 0 radical (unpaired) electrons. The van der Waals surface area contributed by atoms with Gasteiger partial charge in [0.15, 0.2) is 0 Å². The number of carbonyl (C=O) groups is 2. The van der Waals surface area contributed by atoms with Crippen molar-refractivity contribution in [3.8, 4) is 0 Å². The van der Waals surface area contributed by atoms with Crippen molar-refractivity contribution in [3.05, 3.63) is 0 Å². The first kappa shape index (κ1) is 15.3. The predicted octanol–water partition coefficient (Wildman–Crippen LogP) is 0.912. The van der Waals surface area contributed by atoms with Gasteiger partial charge in [0.25, 0.3) is 0 Å². The minimum Gasteiger partial charge on any atom is -0.394 e. The molecule has 2 aliphatic rings. The van der Waals surface area contributed by atoms with E-state index in [1.54, 1.807) is 4.90 Å². The Morgan fingerprint density at radius 2 is 2.10 bits per heavy atom. The SMILES string of the molecule is CCN1CC(C(=O)NC2(CO)CCC(C)CC2)CC1=O. The molecule has 2 fully saturated rings. The van der Waals surface area contributed by atoms with E-state index in [0.717, 1.165) is 25.7 Å². The van der Waals surface area contributed by atoms with Gasteiger partial charge in [0.1, 0.15) is 0 Å². The number of likely N-dealkylation sites (tertiary alicyclic amines) is 1. The summed E-state index contributed by atoms with van der Waals surface area (Å²) >= 11 is 0.